The highest BCUT2D eigenvalue weighted by atomic mass is 35.5. The summed E-state index contributed by atoms with van der Waals surface area (Å²) in [6.45, 7) is 4.64. The van der Waals surface area contributed by atoms with Gasteiger partial charge in [0.15, 0.2) is 6.10 Å². The van der Waals surface area contributed by atoms with Crippen molar-refractivity contribution in [3.8, 4) is 5.75 Å². The Hall–Kier alpha value is -1.26. The van der Waals surface area contributed by atoms with Gasteiger partial charge < -0.3 is 15.4 Å². The van der Waals surface area contributed by atoms with Crippen molar-refractivity contribution in [1.29, 1.82) is 0 Å². The van der Waals surface area contributed by atoms with Crippen molar-refractivity contribution >= 4 is 17.5 Å². The van der Waals surface area contributed by atoms with Crippen LogP contribution in [0.15, 0.2) is 18.2 Å². The molecule has 1 heterocycles. The van der Waals surface area contributed by atoms with Crippen molar-refractivity contribution in [1.82, 2.24) is 10.6 Å². The number of carbonyl (C=O) groups is 1. The molecule has 0 radical (unpaired) electrons. The lowest BCUT2D eigenvalue weighted by Crippen LogP contribution is -2.36. The number of halogens is 1. The fraction of sp³-hybridized carbons (Fsp3) is 0.562. The van der Waals surface area contributed by atoms with Crippen LogP contribution in [0, 0.1) is 0 Å². The second-order valence-corrected chi connectivity index (χ2v) is 5.74. The molecule has 1 atom stereocenters. The lowest BCUT2D eigenvalue weighted by Gasteiger charge is -2.17. The second kappa shape index (κ2) is 8.25. The molecule has 2 N–H and O–H groups in total. The molecule has 5 heteroatoms. The van der Waals surface area contributed by atoms with Crippen LogP contribution in [0.1, 0.15) is 38.2 Å². The summed E-state index contributed by atoms with van der Waals surface area (Å²) in [4.78, 5) is 11.9. The largest absolute Gasteiger partial charge is 0.479 e. The van der Waals surface area contributed by atoms with Crippen LogP contribution in [0.5, 0.6) is 5.75 Å². The Balaban J connectivity index is 1.98. The first kappa shape index (κ1) is 16.1. The predicted octanol–water partition coefficient (Wildman–Crippen LogP) is 2.89. The summed E-state index contributed by atoms with van der Waals surface area (Å²) in [5.41, 5.74) is 1.12. The fourth-order valence-electron chi connectivity index (χ4n) is 2.34. The fourth-order valence-corrected chi connectivity index (χ4v) is 2.58. The number of hydrogen-bond donors (Lipinski definition) is 2. The first-order valence-electron chi connectivity index (χ1n) is 7.64. The highest BCUT2D eigenvalue weighted by molar-refractivity contribution is 6.32. The minimum atomic E-state index is -0.436. The minimum Gasteiger partial charge on any atom is -0.479 e. The molecule has 0 spiro atoms. The third kappa shape index (κ3) is 4.90. The first-order chi connectivity index (χ1) is 10.2. The van der Waals surface area contributed by atoms with E-state index in [4.69, 9.17) is 16.3 Å². The van der Waals surface area contributed by atoms with E-state index in [0.29, 0.717) is 10.8 Å². The van der Waals surface area contributed by atoms with E-state index in [0.717, 1.165) is 50.9 Å². The highest BCUT2D eigenvalue weighted by Gasteiger charge is 2.23. The van der Waals surface area contributed by atoms with Gasteiger partial charge in [-0.1, -0.05) is 24.6 Å². The lowest BCUT2D eigenvalue weighted by atomic mass is 10.1. The predicted molar refractivity (Wildman–Crippen MR) is 84.7 cm³/mol. The highest BCUT2D eigenvalue weighted by Crippen LogP contribution is 2.27. The molecule has 1 aliphatic heterocycles. The zero-order valence-electron chi connectivity index (χ0n) is 12.5. The number of hydrogen-bond acceptors (Lipinski definition) is 3. The van der Waals surface area contributed by atoms with Gasteiger partial charge in [-0.15, -0.1) is 0 Å². The smallest absolute Gasteiger partial charge is 0.261 e. The zero-order chi connectivity index (χ0) is 15.1. The summed E-state index contributed by atoms with van der Waals surface area (Å²) in [6.07, 6.45) is 3.39. The Morgan fingerprint density at radius 2 is 2.29 bits per heavy atom. The van der Waals surface area contributed by atoms with Crippen LogP contribution in [0.2, 0.25) is 5.02 Å². The summed E-state index contributed by atoms with van der Waals surface area (Å²) in [5, 5.41) is 6.75. The van der Waals surface area contributed by atoms with Gasteiger partial charge in [-0.3, -0.25) is 4.79 Å². The topological polar surface area (TPSA) is 50.4 Å². The van der Waals surface area contributed by atoms with Gasteiger partial charge in [0, 0.05) is 13.1 Å². The molecule has 1 saturated heterocycles. The van der Waals surface area contributed by atoms with E-state index < -0.39 is 6.10 Å². The van der Waals surface area contributed by atoms with Crippen LogP contribution in [0.4, 0.5) is 0 Å². The summed E-state index contributed by atoms with van der Waals surface area (Å²) in [5.74, 6) is 0.537. The molecule has 1 unspecified atom stereocenters. The van der Waals surface area contributed by atoms with E-state index in [1.807, 2.05) is 18.2 Å². The van der Waals surface area contributed by atoms with Crippen molar-refractivity contribution in [2.75, 3.05) is 13.1 Å². The maximum atomic E-state index is 11.9. The van der Waals surface area contributed by atoms with Crippen LogP contribution in [-0.2, 0) is 11.3 Å². The molecule has 116 valence electrons. The Morgan fingerprint density at radius 1 is 1.43 bits per heavy atom. The number of carbonyl (C=O) groups excluding carboxylic acids is 1. The van der Waals surface area contributed by atoms with Gasteiger partial charge >= 0.3 is 0 Å². The molecule has 0 bridgehead atoms. The van der Waals surface area contributed by atoms with Gasteiger partial charge in [-0.05, 0) is 49.9 Å². The van der Waals surface area contributed by atoms with Crippen molar-refractivity contribution in [3.63, 3.8) is 0 Å². The average Bonchev–Trinajstić information content (AvgIpc) is 2.67. The summed E-state index contributed by atoms with van der Waals surface area (Å²) in [7, 11) is 0. The summed E-state index contributed by atoms with van der Waals surface area (Å²) >= 11 is 6.27. The molecule has 1 aromatic carbocycles. The van der Waals surface area contributed by atoms with Gasteiger partial charge in [0.25, 0.3) is 5.91 Å². The summed E-state index contributed by atoms with van der Waals surface area (Å²) < 4.78 is 5.79. The van der Waals surface area contributed by atoms with Crippen LogP contribution < -0.4 is 15.4 Å². The SMILES string of the molecule is CCCNCc1ccc(OC2CCCCNC2=O)c(Cl)c1. The van der Waals surface area contributed by atoms with Crippen molar-refractivity contribution in [3.05, 3.63) is 28.8 Å². The van der Waals surface area contributed by atoms with Crippen LogP contribution in [0.25, 0.3) is 0 Å². The maximum absolute atomic E-state index is 11.9. The Morgan fingerprint density at radius 3 is 3.05 bits per heavy atom. The van der Waals surface area contributed by atoms with Crippen LogP contribution in [0.3, 0.4) is 0 Å². The van der Waals surface area contributed by atoms with Gasteiger partial charge in [0.1, 0.15) is 5.75 Å². The van der Waals surface area contributed by atoms with Crippen LogP contribution in [-0.4, -0.2) is 25.1 Å². The molecule has 1 fully saturated rings. The molecule has 1 amide bonds. The maximum Gasteiger partial charge on any atom is 0.261 e. The number of benzene rings is 1. The Bertz CT molecular complexity index is 479. The third-order valence-corrected chi connectivity index (χ3v) is 3.80. The molecule has 2 rings (SSSR count). The van der Waals surface area contributed by atoms with Gasteiger partial charge in [-0.2, -0.15) is 0 Å². The molecule has 0 aromatic heterocycles. The van der Waals surface area contributed by atoms with Gasteiger partial charge in [0.2, 0.25) is 0 Å². The molecule has 21 heavy (non-hydrogen) atoms. The molecule has 0 saturated carbocycles. The average molecular weight is 311 g/mol. The number of amides is 1. The van der Waals surface area contributed by atoms with Crippen molar-refractivity contribution in [2.45, 2.75) is 45.3 Å². The van der Waals surface area contributed by atoms with E-state index in [9.17, 15) is 4.79 Å². The molecular formula is C16H23ClN2O2. The monoisotopic (exact) mass is 310 g/mol. The Labute approximate surface area is 131 Å². The summed E-state index contributed by atoms with van der Waals surface area (Å²) in [6, 6.07) is 5.73. The normalized spacial score (nSPS) is 19.0. The molecule has 1 aromatic rings. The molecule has 0 aliphatic carbocycles. The molecule has 4 nitrogen and oxygen atoms in total. The second-order valence-electron chi connectivity index (χ2n) is 5.33. The molecular weight excluding hydrogens is 288 g/mol. The van der Waals surface area contributed by atoms with E-state index in [1.165, 1.54) is 0 Å². The third-order valence-electron chi connectivity index (χ3n) is 3.51. The van der Waals surface area contributed by atoms with Gasteiger partial charge in [0.05, 0.1) is 5.02 Å². The zero-order valence-corrected chi connectivity index (χ0v) is 13.2. The molecule has 1 aliphatic rings. The number of ether oxygens (including phenoxy) is 1. The Kier molecular flexibility index (Phi) is 6.33. The standard InChI is InChI=1S/C16H23ClN2O2/c1-2-8-18-11-12-6-7-14(13(17)10-12)21-15-5-3-4-9-19-16(15)20/h6-7,10,15,18H,2-5,8-9,11H2,1H3,(H,19,20). The number of rotatable bonds is 6. The van der Waals surface area contributed by atoms with E-state index in [-0.39, 0.29) is 5.91 Å². The van der Waals surface area contributed by atoms with Crippen molar-refractivity contribution in [2.24, 2.45) is 0 Å². The van der Waals surface area contributed by atoms with E-state index in [2.05, 4.69) is 17.6 Å². The first-order valence-corrected chi connectivity index (χ1v) is 8.02. The van der Waals surface area contributed by atoms with E-state index in [1.54, 1.807) is 0 Å². The minimum absolute atomic E-state index is 0.0442. The quantitative estimate of drug-likeness (QED) is 0.794. The lowest BCUT2D eigenvalue weighted by molar-refractivity contribution is -0.127. The van der Waals surface area contributed by atoms with Crippen LogP contribution >= 0.6 is 11.6 Å². The van der Waals surface area contributed by atoms with Crippen molar-refractivity contribution < 1.29 is 9.53 Å². The van der Waals surface area contributed by atoms with E-state index >= 15 is 0 Å². The van der Waals surface area contributed by atoms with Gasteiger partial charge in [-0.25, -0.2) is 0 Å². The number of nitrogens with one attached hydrogen (secondary N) is 2.